The summed E-state index contributed by atoms with van der Waals surface area (Å²) in [5.74, 6) is -3.12. The first-order valence-corrected chi connectivity index (χ1v) is 31.6. The van der Waals surface area contributed by atoms with E-state index in [9.17, 15) is 34.5 Å². The van der Waals surface area contributed by atoms with Crippen molar-refractivity contribution >= 4 is 23.9 Å². The summed E-state index contributed by atoms with van der Waals surface area (Å²) in [6.45, 7) is 5.86. The fraction of sp³-hybridized carbons (Fsp3) is 0.815. The van der Waals surface area contributed by atoms with Crippen LogP contribution in [0.3, 0.4) is 0 Å². The molecular formula is C65H114O12. The third-order valence-corrected chi connectivity index (χ3v) is 14.4. The minimum Gasteiger partial charge on any atom is -0.479 e. The molecule has 1 aliphatic rings. The van der Waals surface area contributed by atoms with E-state index in [0.29, 0.717) is 19.3 Å². The molecule has 6 atom stereocenters. The first kappa shape index (κ1) is 71.7. The van der Waals surface area contributed by atoms with Crippen molar-refractivity contribution in [2.45, 2.75) is 327 Å². The largest absolute Gasteiger partial charge is 0.479 e. The van der Waals surface area contributed by atoms with E-state index in [1.165, 1.54) is 109 Å². The molecule has 0 aromatic rings. The number of carboxylic acid groups (broad SMARTS) is 1. The van der Waals surface area contributed by atoms with Crippen LogP contribution in [-0.4, -0.2) is 89.2 Å². The Kier molecular flexibility index (Phi) is 49.7. The molecule has 0 saturated carbocycles. The van der Waals surface area contributed by atoms with Crippen molar-refractivity contribution in [2.75, 3.05) is 13.2 Å². The van der Waals surface area contributed by atoms with Crippen LogP contribution in [0.5, 0.6) is 0 Å². The Morgan fingerprint density at radius 1 is 0.442 bits per heavy atom. The number of aliphatic hydroxyl groups is 2. The highest BCUT2D eigenvalue weighted by molar-refractivity contribution is 5.74. The second-order valence-electron chi connectivity index (χ2n) is 21.7. The monoisotopic (exact) mass is 1090 g/mol. The van der Waals surface area contributed by atoms with Crippen LogP contribution >= 0.6 is 0 Å². The van der Waals surface area contributed by atoms with E-state index < -0.39 is 67.3 Å². The van der Waals surface area contributed by atoms with Crippen LogP contribution in [0.2, 0.25) is 0 Å². The predicted molar refractivity (Wildman–Crippen MR) is 312 cm³/mol. The number of carbonyl (C=O) groups excluding carboxylic acids is 3. The van der Waals surface area contributed by atoms with Crippen LogP contribution in [0.4, 0.5) is 0 Å². The van der Waals surface area contributed by atoms with E-state index in [1.54, 1.807) is 0 Å². The summed E-state index contributed by atoms with van der Waals surface area (Å²) in [4.78, 5) is 51.2. The zero-order valence-corrected chi connectivity index (χ0v) is 49.2. The number of allylic oxidation sites excluding steroid dienone is 8. The average Bonchev–Trinajstić information content (AvgIpc) is 3.42. The third kappa shape index (κ3) is 43.2. The van der Waals surface area contributed by atoms with Gasteiger partial charge in [-0.3, -0.25) is 14.4 Å². The number of aliphatic carboxylic acids is 1. The molecule has 6 unspecified atom stereocenters. The fourth-order valence-electron chi connectivity index (χ4n) is 9.54. The van der Waals surface area contributed by atoms with Crippen LogP contribution in [0.25, 0.3) is 0 Å². The highest BCUT2D eigenvalue weighted by Crippen LogP contribution is 2.27. The molecule has 77 heavy (non-hydrogen) atoms. The molecule has 0 amide bonds. The maximum absolute atomic E-state index is 13.2. The molecule has 12 heteroatoms. The van der Waals surface area contributed by atoms with Crippen LogP contribution in [0, 0.1) is 0 Å². The van der Waals surface area contributed by atoms with E-state index in [4.69, 9.17) is 23.7 Å². The molecule has 0 bridgehead atoms. The van der Waals surface area contributed by atoms with Crippen molar-refractivity contribution < 1.29 is 58.2 Å². The zero-order valence-electron chi connectivity index (χ0n) is 49.2. The van der Waals surface area contributed by atoms with Crippen molar-refractivity contribution in [3.05, 3.63) is 48.6 Å². The molecule has 446 valence electrons. The minimum absolute atomic E-state index is 0.0503. The molecule has 0 aromatic heterocycles. The Labute approximate surface area is 469 Å². The third-order valence-electron chi connectivity index (χ3n) is 14.4. The number of hydrogen-bond acceptors (Lipinski definition) is 11. The van der Waals surface area contributed by atoms with Gasteiger partial charge in [0.15, 0.2) is 24.6 Å². The van der Waals surface area contributed by atoms with Gasteiger partial charge in [0, 0.05) is 19.3 Å². The number of ether oxygens (including phenoxy) is 5. The lowest BCUT2D eigenvalue weighted by Gasteiger charge is -2.40. The molecule has 1 heterocycles. The fourth-order valence-corrected chi connectivity index (χ4v) is 9.54. The Hall–Kier alpha value is -3.32. The zero-order chi connectivity index (χ0) is 56.1. The molecule has 3 N–H and O–H groups in total. The van der Waals surface area contributed by atoms with E-state index in [2.05, 4.69) is 69.4 Å². The van der Waals surface area contributed by atoms with Crippen molar-refractivity contribution in [2.24, 2.45) is 0 Å². The highest BCUT2D eigenvalue weighted by Gasteiger charge is 2.50. The SMILES string of the molecule is CC/C=C\C/C=C\C/C=C\CCCCCCCCCC(=O)OC(COC(=O)CCCCCCCCCCCCCCCCCCCCC)COC1OC(C(=O)O)C(O)C(O)C1OC(=O)CCCCCCC/C=C\CCCC. The standard InChI is InChI=1S/C65H114O12/c1-4-7-10-13-16-19-22-24-26-28-29-31-32-34-37-39-42-45-48-51-57(66)73-54-56(75-58(67)52-49-46-43-41-38-35-33-30-27-25-23-20-17-14-11-8-5-2)55-74-65-63(61(70)60(69)62(77-65)64(71)72)76-59(68)53-50-47-44-40-36-21-18-15-12-9-6-3/h8,11,15,17-18,20,25,27,56,60-63,65,69-70H,4-7,9-10,12-14,16,19,21-24,26,28-55H2,1-3H3,(H,71,72)/b11-8-,18-15-,20-17-,27-25-. The van der Waals surface area contributed by atoms with Crippen molar-refractivity contribution in [1.82, 2.24) is 0 Å². The van der Waals surface area contributed by atoms with E-state index in [-0.39, 0.29) is 25.9 Å². The van der Waals surface area contributed by atoms with Gasteiger partial charge in [-0.2, -0.15) is 0 Å². The smallest absolute Gasteiger partial charge is 0.335 e. The van der Waals surface area contributed by atoms with Crippen LogP contribution in [-0.2, 0) is 42.9 Å². The summed E-state index contributed by atoms with van der Waals surface area (Å²) in [6.07, 6.45) is 52.3. The Balaban J connectivity index is 2.64. The van der Waals surface area contributed by atoms with Gasteiger partial charge in [-0.15, -0.1) is 0 Å². The first-order valence-electron chi connectivity index (χ1n) is 31.6. The number of hydrogen-bond donors (Lipinski definition) is 3. The predicted octanol–water partition coefficient (Wildman–Crippen LogP) is 16.6. The molecule has 0 spiro atoms. The van der Waals surface area contributed by atoms with Gasteiger partial charge >= 0.3 is 23.9 Å². The number of esters is 3. The van der Waals surface area contributed by atoms with E-state index >= 15 is 0 Å². The first-order chi connectivity index (χ1) is 37.6. The second-order valence-corrected chi connectivity index (χ2v) is 21.7. The normalized spacial score (nSPS) is 18.3. The maximum Gasteiger partial charge on any atom is 0.335 e. The van der Waals surface area contributed by atoms with Gasteiger partial charge < -0.3 is 39.0 Å². The quantitative estimate of drug-likeness (QED) is 0.0228. The Morgan fingerprint density at radius 3 is 1.30 bits per heavy atom. The molecule has 0 aromatic carbocycles. The molecule has 1 fully saturated rings. The van der Waals surface area contributed by atoms with Gasteiger partial charge in [0.25, 0.3) is 0 Å². The summed E-state index contributed by atoms with van der Waals surface area (Å²) in [5.41, 5.74) is 0. The van der Waals surface area contributed by atoms with Crippen molar-refractivity contribution in [3.63, 3.8) is 0 Å². The van der Waals surface area contributed by atoms with E-state index in [1.807, 2.05) is 0 Å². The Bertz CT molecular complexity index is 1520. The molecule has 1 saturated heterocycles. The summed E-state index contributed by atoms with van der Waals surface area (Å²) >= 11 is 0. The number of carbonyl (C=O) groups is 4. The summed E-state index contributed by atoms with van der Waals surface area (Å²) in [5, 5.41) is 31.5. The van der Waals surface area contributed by atoms with Gasteiger partial charge in [-0.1, -0.05) is 249 Å². The second kappa shape index (κ2) is 53.3. The van der Waals surface area contributed by atoms with Gasteiger partial charge in [0.2, 0.25) is 0 Å². The maximum atomic E-state index is 13.2. The topological polar surface area (TPSA) is 175 Å². The molecule has 0 aliphatic carbocycles. The summed E-state index contributed by atoms with van der Waals surface area (Å²) < 4.78 is 28.5. The van der Waals surface area contributed by atoms with Gasteiger partial charge in [0.05, 0.1) is 6.61 Å². The molecule has 1 rings (SSSR count). The molecule has 0 radical (unpaired) electrons. The number of unbranched alkanes of at least 4 members (excludes halogenated alkanes) is 32. The van der Waals surface area contributed by atoms with Gasteiger partial charge in [0.1, 0.15) is 18.8 Å². The van der Waals surface area contributed by atoms with Crippen molar-refractivity contribution in [1.29, 1.82) is 0 Å². The number of aliphatic hydroxyl groups excluding tert-OH is 2. The van der Waals surface area contributed by atoms with E-state index in [0.717, 1.165) is 122 Å². The van der Waals surface area contributed by atoms with Crippen molar-refractivity contribution in [3.8, 4) is 0 Å². The van der Waals surface area contributed by atoms with Gasteiger partial charge in [-0.25, -0.2) is 4.79 Å². The average molecular weight is 1090 g/mol. The minimum atomic E-state index is -1.90. The lowest BCUT2D eigenvalue weighted by molar-refractivity contribution is -0.301. The molecule has 12 nitrogen and oxygen atoms in total. The summed E-state index contributed by atoms with van der Waals surface area (Å²) in [7, 11) is 0. The summed E-state index contributed by atoms with van der Waals surface area (Å²) in [6, 6.07) is 0. The lowest BCUT2D eigenvalue weighted by Crippen LogP contribution is -2.61. The van der Waals surface area contributed by atoms with Crippen LogP contribution in [0.15, 0.2) is 48.6 Å². The number of carboxylic acids is 1. The molecular weight excluding hydrogens is 973 g/mol. The van der Waals surface area contributed by atoms with Gasteiger partial charge in [-0.05, 0) is 70.6 Å². The van der Waals surface area contributed by atoms with Crippen LogP contribution in [0.1, 0.15) is 290 Å². The lowest BCUT2D eigenvalue weighted by atomic mass is 9.98. The highest BCUT2D eigenvalue weighted by atomic mass is 16.7. The van der Waals surface area contributed by atoms with Crippen LogP contribution < -0.4 is 0 Å². The molecule has 1 aliphatic heterocycles. The Morgan fingerprint density at radius 2 is 0.831 bits per heavy atom. The number of rotatable bonds is 54.